The van der Waals surface area contributed by atoms with Gasteiger partial charge in [0.25, 0.3) is 0 Å². The van der Waals surface area contributed by atoms with Gasteiger partial charge in [0, 0.05) is 155 Å². The lowest BCUT2D eigenvalue weighted by atomic mass is 9.76. The molecule has 3 heterocycles. The Bertz CT molecular complexity index is 2630. The molecule has 510 valence electrons. The van der Waals surface area contributed by atoms with E-state index in [0.717, 1.165) is 101 Å². The molecule has 3 fully saturated rings. The molecule has 5 unspecified atom stereocenters. The van der Waals surface area contributed by atoms with Crippen LogP contribution < -0.4 is 31.9 Å². The Kier molecular flexibility index (Phi) is 27.6. The third-order valence-corrected chi connectivity index (χ3v) is 20.3. The number of alkyl halides is 8. The van der Waals surface area contributed by atoms with Crippen LogP contribution in [-0.4, -0.2) is 145 Å². The Labute approximate surface area is 532 Å². The monoisotopic (exact) mass is 1280 g/mol. The van der Waals surface area contributed by atoms with Crippen molar-refractivity contribution >= 4 is 5.71 Å². The maximum Gasteiger partial charge on any atom is 0.422 e. The molecule has 2 saturated heterocycles. The summed E-state index contributed by atoms with van der Waals surface area (Å²) in [5.74, 6) is -1.83. The van der Waals surface area contributed by atoms with Gasteiger partial charge < -0.3 is 41.3 Å². The van der Waals surface area contributed by atoms with Gasteiger partial charge in [0.2, 0.25) is 0 Å². The number of likely N-dealkylation sites (N-methyl/N-ethyl adjacent to an activating group) is 1. The maximum absolute atomic E-state index is 16.0. The third kappa shape index (κ3) is 20.9. The van der Waals surface area contributed by atoms with E-state index in [0.29, 0.717) is 65.7 Å². The van der Waals surface area contributed by atoms with Crippen molar-refractivity contribution in [2.75, 3.05) is 53.4 Å². The van der Waals surface area contributed by atoms with Crippen LogP contribution in [0.2, 0.25) is 0 Å². The lowest BCUT2D eigenvalue weighted by Crippen LogP contribution is -2.73. The first-order valence-corrected chi connectivity index (χ1v) is 33.4. The predicted octanol–water partition coefficient (Wildman–Crippen LogP) is 14.1. The molecule has 0 aromatic heterocycles. The Morgan fingerprint density at radius 2 is 1.38 bits per heavy atom. The first kappa shape index (κ1) is 74.8. The van der Waals surface area contributed by atoms with Crippen molar-refractivity contribution in [1.29, 1.82) is 0 Å². The van der Waals surface area contributed by atoms with Gasteiger partial charge in [-0.2, -0.15) is 35.1 Å². The van der Waals surface area contributed by atoms with E-state index in [2.05, 4.69) is 136 Å². The van der Waals surface area contributed by atoms with E-state index in [9.17, 15) is 35.1 Å². The van der Waals surface area contributed by atoms with E-state index in [1.165, 1.54) is 18.3 Å². The van der Waals surface area contributed by atoms with E-state index in [-0.39, 0.29) is 80.1 Å². The smallest absolute Gasteiger partial charge is 0.369 e. The van der Waals surface area contributed by atoms with Crippen LogP contribution in [0.5, 0.6) is 0 Å². The van der Waals surface area contributed by atoms with Crippen LogP contribution in [0, 0.1) is 35.3 Å². The van der Waals surface area contributed by atoms with E-state index in [4.69, 9.17) is 0 Å². The van der Waals surface area contributed by atoms with Crippen molar-refractivity contribution in [2.45, 2.75) is 245 Å². The molecule has 11 nitrogen and oxygen atoms in total. The number of halogens is 10. The Hall–Kier alpha value is -4.25. The van der Waals surface area contributed by atoms with Gasteiger partial charge in [-0.05, 0) is 145 Å². The minimum Gasteiger partial charge on any atom is -0.369 e. The molecule has 1 saturated carbocycles. The molecule has 0 radical (unpaired) electrons. The standard InChI is InChI=1S/C69H109F10N11/c1-15-45(5)62-38-83-61(34-44(3)4)49(9)82-39-63-47(7)51(11)90(63)65(46(6)16-2)50(10)86-66(28-17-18-29-66)42-80-43-67(72,73)84-30-27-56(26-23-54-36-59(70)64(60(71)37-54)69(77,78)79)81-31-33-87(13)40-58(35-53-21-24-55(25-22-53)68(74,75)76)88(14)41-57-20-19-32-89(57)52(12)48(8)85-62/h21-22,24-25,31,33,36-37,40-41,44-52,61-63,65,80,82-86H,15-20,23,26-30,32,34-35,38-39,42-43H2,1-14H3/t45-,46-,47+,48?,49?,50?,51?,52-,61-,62+,63?,65-/m0/s1. The summed E-state index contributed by atoms with van der Waals surface area (Å²) in [6.45, 7) is 29.5. The average Bonchev–Trinajstić information content (AvgIpc) is 0.959. The normalized spacial score (nSPS) is 29.0. The van der Waals surface area contributed by atoms with Crippen molar-refractivity contribution in [2.24, 2.45) is 28.7 Å². The van der Waals surface area contributed by atoms with Gasteiger partial charge in [-0.1, -0.05) is 86.3 Å². The first-order chi connectivity index (χ1) is 42.3. The zero-order valence-electron chi connectivity index (χ0n) is 56.2. The number of hydrogen-bond donors (Lipinski definition) is 6. The van der Waals surface area contributed by atoms with Gasteiger partial charge >= 0.3 is 18.4 Å². The molecule has 1 aliphatic carbocycles. The highest BCUT2D eigenvalue weighted by Gasteiger charge is 2.50. The second-order valence-corrected chi connectivity index (χ2v) is 27.5. The molecular weight excluding hydrogens is 1170 g/mol. The van der Waals surface area contributed by atoms with Gasteiger partial charge in [-0.3, -0.25) is 15.2 Å². The number of allylic oxidation sites excluding steroid dienone is 2. The zero-order valence-corrected chi connectivity index (χ0v) is 56.2. The number of benzene rings is 2. The molecule has 0 bridgehead atoms. The minimum atomic E-state index is -5.25. The highest BCUT2D eigenvalue weighted by atomic mass is 19.4. The van der Waals surface area contributed by atoms with Crippen molar-refractivity contribution in [3.05, 3.63) is 106 Å². The quantitative estimate of drug-likeness (QED) is 0.0965. The van der Waals surface area contributed by atoms with Crippen LogP contribution in [-0.2, 0) is 25.2 Å². The average molecular weight is 1280 g/mol. The van der Waals surface area contributed by atoms with E-state index in [1.54, 1.807) is 18.1 Å². The van der Waals surface area contributed by atoms with Gasteiger partial charge in [0.05, 0.1) is 12.1 Å². The summed E-state index contributed by atoms with van der Waals surface area (Å²) in [5, 5.41) is 21.8. The van der Waals surface area contributed by atoms with Crippen LogP contribution in [0.3, 0.4) is 0 Å². The molecule has 6 N–H and O–H groups in total. The summed E-state index contributed by atoms with van der Waals surface area (Å²) in [4.78, 5) is 13.5. The molecule has 21 heteroatoms. The van der Waals surface area contributed by atoms with Crippen molar-refractivity contribution < 1.29 is 43.9 Å². The van der Waals surface area contributed by atoms with E-state index < -0.39 is 53.2 Å². The van der Waals surface area contributed by atoms with Crippen LogP contribution >= 0.6 is 0 Å². The van der Waals surface area contributed by atoms with Crippen LogP contribution in [0.4, 0.5) is 43.9 Å². The first-order valence-electron chi connectivity index (χ1n) is 33.4. The molecular formula is C69H109F10N11. The maximum atomic E-state index is 16.0. The van der Waals surface area contributed by atoms with Gasteiger partial charge in [-0.25, -0.2) is 8.78 Å². The van der Waals surface area contributed by atoms with Crippen molar-refractivity contribution in [3.63, 3.8) is 0 Å². The summed E-state index contributed by atoms with van der Waals surface area (Å²) in [6, 6.07) is 4.66. The van der Waals surface area contributed by atoms with E-state index in [1.807, 2.05) is 18.1 Å². The topological polar surface area (TPSA) is 97.5 Å². The number of aryl methyl sites for hydroxylation is 1. The second-order valence-electron chi connectivity index (χ2n) is 27.5. The van der Waals surface area contributed by atoms with Crippen molar-refractivity contribution in [3.8, 4) is 0 Å². The highest BCUT2D eigenvalue weighted by molar-refractivity contribution is 5.85. The van der Waals surface area contributed by atoms with Gasteiger partial charge in [-0.15, -0.1) is 0 Å². The van der Waals surface area contributed by atoms with Gasteiger partial charge in [0.1, 0.15) is 17.2 Å². The number of nitrogens with one attached hydrogen (secondary N) is 6. The Morgan fingerprint density at radius 1 is 0.722 bits per heavy atom. The Balaban J connectivity index is 1.35. The molecule has 90 heavy (non-hydrogen) atoms. The minimum absolute atomic E-state index is 0.0262. The molecule has 0 amide bonds. The molecule has 4 aliphatic rings. The molecule has 3 aliphatic heterocycles. The number of fused-ring (bicyclic) bond motifs is 2. The van der Waals surface area contributed by atoms with Crippen LogP contribution in [0.15, 0.2) is 77.6 Å². The number of nitrogens with zero attached hydrogens (tertiary/aromatic N) is 5. The van der Waals surface area contributed by atoms with Crippen LogP contribution in [0.1, 0.15) is 176 Å². The largest absolute Gasteiger partial charge is 0.422 e. The number of rotatable bonds is 11. The molecule has 2 aromatic carbocycles. The molecule has 2 aromatic rings. The van der Waals surface area contributed by atoms with Gasteiger partial charge in [0.15, 0.2) is 0 Å². The lowest BCUT2D eigenvalue weighted by Gasteiger charge is -2.60. The SMILES string of the molecule is CC[C@H](C)[C@H]1C(C)NC2(CCCC2)CNCC(F)(F)NCCC(CCc2cc(F)c(C(F)(F)F)c(F)c2)=NC=CN(C)C=C(Cc2ccc(C(F)(F)F)cc2)N(C)C=C2CCCN2[C@@H](C)C(C)N[C@@H]([C@@H](C)CC)CN[C@@H](CC(C)C)C(C)NCC2[C@H](C)C(C)N21. The summed E-state index contributed by atoms with van der Waals surface area (Å²) in [6.07, 6.45) is 5.68. The summed E-state index contributed by atoms with van der Waals surface area (Å²) in [7, 11) is 3.66. The summed E-state index contributed by atoms with van der Waals surface area (Å²) in [5.41, 5.74) is -0.402. The summed E-state index contributed by atoms with van der Waals surface area (Å²) >= 11 is 0. The number of hydrogen-bond acceptors (Lipinski definition) is 11. The third-order valence-electron chi connectivity index (χ3n) is 20.3. The Morgan fingerprint density at radius 3 is 1.99 bits per heavy atom. The zero-order chi connectivity index (χ0) is 66.5. The fourth-order valence-electron chi connectivity index (χ4n) is 14.2. The highest BCUT2D eigenvalue weighted by Crippen LogP contribution is 2.40. The predicted molar refractivity (Wildman–Crippen MR) is 345 cm³/mol. The second kappa shape index (κ2) is 33.2. The van der Waals surface area contributed by atoms with Crippen molar-refractivity contribution in [1.82, 2.24) is 51.5 Å². The molecule has 6 rings (SSSR count). The number of aliphatic imine (C=N–C) groups is 1. The molecule has 12 atom stereocenters. The fraction of sp³-hybridized carbons (Fsp3) is 0.725. The van der Waals surface area contributed by atoms with E-state index >= 15 is 8.78 Å². The van der Waals surface area contributed by atoms with Crippen LogP contribution in [0.25, 0.3) is 0 Å². The summed E-state index contributed by atoms with van der Waals surface area (Å²) < 4.78 is 143. The lowest BCUT2D eigenvalue weighted by molar-refractivity contribution is -0.142. The molecule has 1 spiro atoms. The fourth-order valence-corrected chi connectivity index (χ4v) is 14.2.